The lowest BCUT2D eigenvalue weighted by atomic mass is 10.0. The highest BCUT2D eigenvalue weighted by Crippen LogP contribution is 2.31. The summed E-state index contributed by atoms with van der Waals surface area (Å²) in [4.78, 5) is 8.57. The van der Waals surface area contributed by atoms with E-state index >= 15 is 0 Å². The van der Waals surface area contributed by atoms with E-state index in [0.29, 0.717) is 12.2 Å². The number of aromatic nitrogens is 2. The summed E-state index contributed by atoms with van der Waals surface area (Å²) < 4.78 is 35.5. The highest BCUT2D eigenvalue weighted by atomic mass is 19.2. The van der Waals surface area contributed by atoms with E-state index in [9.17, 15) is 8.78 Å². The molecule has 3 aromatic rings. The second-order valence-electron chi connectivity index (χ2n) is 8.45. The van der Waals surface area contributed by atoms with Crippen LogP contribution in [0, 0.1) is 11.6 Å². The van der Waals surface area contributed by atoms with Crippen LogP contribution in [0.15, 0.2) is 48.8 Å². The number of ether oxygens (including phenoxy) is 1. The number of halogens is 2. The number of aryl methyl sites for hydroxylation is 1. The summed E-state index contributed by atoms with van der Waals surface area (Å²) in [5.74, 6) is -0.901. The number of rotatable bonds is 13. The van der Waals surface area contributed by atoms with Gasteiger partial charge in [0.25, 0.3) is 0 Å². The minimum Gasteiger partial charge on any atom is -0.494 e. The molecule has 0 aliphatic heterocycles. The highest BCUT2D eigenvalue weighted by Gasteiger charge is 2.17. The predicted molar refractivity (Wildman–Crippen MR) is 130 cm³/mol. The number of benzene rings is 2. The van der Waals surface area contributed by atoms with E-state index in [1.54, 1.807) is 48.8 Å². The van der Waals surface area contributed by atoms with Gasteiger partial charge in [-0.05, 0) is 48.6 Å². The van der Waals surface area contributed by atoms with Crippen molar-refractivity contribution in [3.63, 3.8) is 0 Å². The molecule has 0 bridgehead atoms. The van der Waals surface area contributed by atoms with Crippen molar-refractivity contribution in [3.05, 3.63) is 66.0 Å². The molecule has 1 heterocycles. The Morgan fingerprint density at radius 2 is 1.30 bits per heavy atom. The van der Waals surface area contributed by atoms with Gasteiger partial charge in [0.2, 0.25) is 0 Å². The van der Waals surface area contributed by atoms with Crippen LogP contribution < -0.4 is 4.74 Å². The Bertz CT molecular complexity index is 988. The van der Waals surface area contributed by atoms with Gasteiger partial charge < -0.3 is 4.74 Å². The SMILES string of the molecule is CCCCCCCc1cnc(-c2ccc(-c3ccc(OCCCCC)cc3)c(F)c2F)nc1. The summed E-state index contributed by atoms with van der Waals surface area (Å²) >= 11 is 0. The minimum absolute atomic E-state index is 0.0709. The molecule has 0 amide bonds. The molecule has 3 rings (SSSR count). The van der Waals surface area contributed by atoms with E-state index in [1.807, 2.05) is 0 Å². The Hall–Kier alpha value is -2.82. The molecule has 0 N–H and O–H groups in total. The first kappa shape index (κ1) is 24.8. The first-order valence-electron chi connectivity index (χ1n) is 12.2. The van der Waals surface area contributed by atoms with Gasteiger partial charge in [0.15, 0.2) is 17.5 Å². The molecule has 0 unspecified atom stereocenters. The summed E-state index contributed by atoms with van der Waals surface area (Å²) in [6, 6.07) is 10.2. The maximum absolute atomic E-state index is 14.9. The summed E-state index contributed by atoms with van der Waals surface area (Å²) in [6.45, 7) is 5.00. The molecule has 5 heteroatoms. The fraction of sp³-hybridized carbons (Fsp3) is 0.429. The van der Waals surface area contributed by atoms with Crippen molar-refractivity contribution in [2.24, 2.45) is 0 Å². The number of hydrogen-bond acceptors (Lipinski definition) is 3. The topological polar surface area (TPSA) is 35.0 Å². The van der Waals surface area contributed by atoms with Gasteiger partial charge in [-0.3, -0.25) is 0 Å². The highest BCUT2D eigenvalue weighted by molar-refractivity contribution is 5.69. The average molecular weight is 453 g/mol. The van der Waals surface area contributed by atoms with Gasteiger partial charge in [-0.25, -0.2) is 18.7 Å². The lowest BCUT2D eigenvalue weighted by Crippen LogP contribution is -1.99. The van der Waals surface area contributed by atoms with Crippen molar-refractivity contribution in [3.8, 4) is 28.3 Å². The lowest BCUT2D eigenvalue weighted by Gasteiger charge is -2.10. The molecule has 1 aromatic heterocycles. The van der Waals surface area contributed by atoms with Gasteiger partial charge >= 0.3 is 0 Å². The number of nitrogens with zero attached hydrogens (tertiary/aromatic N) is 2. The molecule has 0 spiro atoms. The molecular formula is C28H34F2N2O. The zero-order valence-electron chi connectivity index (χ0n) is 19.7. The van der Waals surface area contributed by atoms with Gasteiger partial charge in [-0.15, -0.1) is 0 Å². The van der Waals surface area contributed by atoms with Crippen molar-refractivity contribution >= 4 is 0 Å². The van der Waals surface area contributed by atoms with E-state index < -0.39 is 11.6 Å². The molecule has 176 valence electrons. The molecule has 0 fully saturated rings. The number of unbranched alkanes of at least 4 members (excludes halogenated alkanes) is 6. The Morgan fingerprint density at radius 3 is 2.00 bits per heavy atom. The standard InChI is InChI=1S/C28H34F2N2O/c1-3-5-7-8-9-11-21-19-31-28(32-20-21)25-17-16-24(26(29)27(25)30)22-12-14-23(15-13-22)33-18-10-6-4-2/h12-17,19-20H,3-11,18H2,1-2H3. The fourth-order valence-electron chi connectivity index (χ4n) is 3.77. The summed E-state index contributed by atoms with van der Waals surface area (Å²) in [5.41, 5.74) is 1.89. The third-order valence-electron chi connectivity index (χ3n) is 5.78. The molecule has 33 heavy (non-hydrogen) atoms. The molecule has 2 aromatic carbocycles. The summed E-state index contributed by atoms with van der Waals surface area (Å²) in [5, 5.41) is 0. The van der Waals surface area contributed by atoms with Gasteiger partial charge in [0.05, 0.1) is 12.2 Å². The Labute approximate surface area is 196 Å². The maximum atomic E-state index is 14.9. The smallest absolute Gasteiger partial charge is 0.170 e. The molecule has 0 aliphatic rings. The normalized spacial score (nSPS) is 11.0. The fourth-order valence-corrected chi connectivity index (χ4v) is 3.77. The Kier molecular flexibility index (Phi) is 9.79. The molecule has 0 radical (unpaired) electrons. The number of hydrogen-bond donors (Lipinski definition) is 0. The van der Waals surface area contributed by atoms with Crippen LogP contribution in [-0.4, -0.2) is 16.6 Å². The molecular weight excluding hydrogens is 418 g/mol. The van der Waals surface area contributed by atoms with Crippen molar-refractivity contribution in [1.82, 2.24) is 9.97 Å². The van der Waals surface area contributed by atoms with Crippen LogP contribution in [0.5, 0.6) is 5.75 Å². The van der Waals surface area contributed by atoms with Crippen LogP contribution >= 0.6 is 0 Å². The second-order valence-corrected chi connectivity index (χ2v) is 8.45. The second kappa shape index (κ2) is 13.0. The van der Waals surface area contributed by atoms with E-state index in [0.717, 1.165) is 43.4 Å². The van der Waals surface area contributed by atoms with Gasteiger partial charge in [0.1, 0.15) is 5.75 Å². The van der Waals surface area contributed by atoms with Gasteiger partial charge in [-0.1, -0.05) is 70.6 Å². The largest absolute Gasteiger partial charge is 0.494 e. The van der Waals surface area contributed by atoms with E-state index in [1.165, 1.54) is 25.7 Å². The monoisotopic (exact) mass is 452 g/mol. The third kappa shape index (κ3) is 7.08. The minimum atomic E-state index is -0.931. The first-order valence-corrected chi connectivity index (χ1v) is 12.2. The van der Waals surface area contributed by atoms with Crippen LogP contribution in [0.3, 0.4) is 0 Å². The Balaban J connectivity index is 1.66. The van der Waals surface area contributed by atoms with Crippen molar-refractivity contribution in [2.75, 3.05) is 6.61 Å². The Morgan fingerprint density at radius 1 is 0.697 bits per heavy atom. The van der Waals surface area contributed by atoms with E-state index in [2.05, 4.69) is 23.8 Å². The van der Waals surface area contributed by atoms with Crippen LogP contribution in [0.2, 0.25) is 0 Å². The van der Waals surface area contributed by atoms with Crippen molar-refractivity contribution in [1.29, 1.82) is 0 Å². The molecule has 3 nitrogen and oxygen atoms in total. The van der Waals surface area contributed by atoms with Crippen LogP contribution in [0.4, 0.5) is 8.78 Å². The lowest BCUT2D eigenvalue weighted by molar-refractivity contribution is 0.306. The van der Waals surface area contributed by atoms with Gasteiger partial charge in [-0.2, -0.15) is 0 Å². The van der Waals surface area contributed by atoms with Crippen LogP contribution in [-0.2, 0) is 6.42 Å². The molecule has 0 saturated heterocycles. The van der Waals surface area contributed by atoms with E-state index in [4.69, 9.17) is 4.74 Å². The molecule has 0 atom stereocenters. The molecule has 0 aliphatic carbocycles. The zero-order chi connectivity index (χ0) is 23.5. The summed E-state index contributed by atoms with van der Waals surface area (Å²) in [6.07, 6.45) is 13.6. The van der Waals surface area contributed by atoms with Crippen LogP contribution in [0.25, 0.3) is 22.5 Å². The summed E-state index contributed by atoms with van der Waals surface area (Å²) in [7, 11) is 0. The van der Waals surface area contributed by atoms with Crippen LogP contribution in [0.1, 0.15) is 70.8 Å². The van der Waals surface area contributed by atoms with Crippen molar-refractivity contribution < 1.29 is 13.5 Å². The first-order chi connectivity index (χ1) is 16.1. The molecule has 0 saturated carbocycles. The third-order valence-corrected chi connectivity index (χ3v) is 5.78. The maximum Gasteiger partial charge on any atom is 0.170 e. The average Bonchev–Trinajstić information content (AvgIpc) is 2.84. The van der Waals surface area contributed by atoms with Gasteiger partial charge in [0, 0.05) is 18.0 Å². The quantitative estimate of drug-likeness (QED) is 0.245. The predicted octanol–water partition coefficient (Wildman–Crippen LogP) is 8.17. The van der Waals surface area contributed by atoms with Crippen molar-refractivity contribution in [2.45, 2.75) is 71.6 Å². The zero-order valence-corrected chi connectivity index (χ0v) is 19.7. The van der Waals surface area contributed by atoms with E-state index in [-0.39, 0.29) is 17.0 Å².